The highest BCUT2D eigenvalue weighted by atomic mass is 15.2. The Hall–Kier alpha value is -1.09. The first-order valence-electron chi connectivity index (χ1n) is 6.13. The van der Waals surface area contributed by atoms with Crippen LogP contribution in [0.15, 0.2) is 18.3 Å². The fourth-order valence-electron chi connectivity index (χ4n) is 1.90. The molecule has 0 fully saturated rings. The van der Waals surface area contributed by atoms with Gasteiger partial charge in [-0.2, -0.15) is 0 Å². The van der Waals surface area contributed by atoms with E-state index in [1.54, 1.807) is 0 Å². The summed E-state index contributed by atoms with van der Waals surface area (Å²) < 4.78 is 0. The summed E-state index contributed by atoms with van der Waals surface area (Å²) in [5, 5.41) is 0. The van der Waals surface area contributed by atoms with Crippen molar-refractivity contribution in [1.82, 2.24) is 4.98 Å². The molecule has 0 bridgehead atoms. The van der Waals surface area contributed by atoms with E-state index in [0.717, 1.165) is 31.7 Å². The van der Waals surface area contributed by atoms with Crippen LogP contribution in [0.4, 0.5) is 5.82 Å². The van der Waals surface area contributed by atoms with E-state index in [4.69, 9.17) is 5.73 Å². The predicted octanol–water partition coefficient (Wildman–Crippen LogP) is 2.21. The van der Waals surface area contributed by atoms with Gasteiger partial charge in [0.1, 0.15) is 5.82 Å². The zero-order valence-electron chi connectivity index (χ0n) is 10.6. The van der Waals surface area contributed by atoms with E-state index in [-0.39, 0.29) is 6.04 Å². The lowest BCUT2D eigenvalue weighted by Crippen LogP contribution is -2.27. The minimum absolute atomic E-state index is 0.184. The first kappa shape index (κ1) is 13.0. The quantitative estimate of drug-likeness (QED) is 0.801. The molecule has 1 heterocycles. The summed E-state index contributed by atoms with van der Waals surface area (Å²) in [5.74, 6) is 1.10. The molecule has 0 aliphatic heterocycles. The van der Waals surface area contributed by atoms with Crippen LogP contribution in [-0.4, -0.2) is 24.1 Å². The molecule has 90 valence electrons. The topological polar surface area (TPSA) is 42.2 Å². The van der Waals surface area contributed by atoms with Gasteiger partial charge < -0.3 is 10.6 Å². The third kappa shape index (κ3) is 3.49. The molecule has 0 saturated heterocycles. The third-order valence-corrected chi connectivity index (χ3v) is 2.58. The molecule has 1 aromatic rings. The zero-order chi connectivity index (χ0) is 12.0. The summed E-state index contributed by atoms with van der Waals surface area (Å²) in [5.41, 5.74) is 7.12. The van der Waals surface area contributed by atoms with Gasteiger partial charge in [-0.3, -0.25) is 0 Å². The van der Waals surface area contributed by atoms with Crippen LogP contribution < -0.4 is 10.6 Å². The third-order valence-electron chi connectivity index (χ3n) is 2.58. The van der Waals surface area contributed by atoms with Crippen molar-refractivity contribution in [3.05, 3.63) is 23.9 Å². The van der Waals surface area contributed by atoms with E-state index in [0.29, 0.717) is 0 Å². The van der Waals surface area contributed by atoms with E-state index in [2.05, 4.69) is 29.8 Å². The molecule has 1 rings (SSSR count). The van der Waals surface area contributed by atoms with Gasteiger partial charge in [0.25, 0.3) is 0 Å². The van der Waals surface area contributed by atoms with E-state index in [1.165, 1.54) is 5.56 Å². The predicted molar refractivity (Wildman–Crippen MR) is 69.8 cm³/mol. The number of nitrogens with two attached hydrogens (primary N) is 1. The molecular formula is C13H23N3. The van der Waals surface area contributed by atoms with Crippen molar-refractivity contribution < 1.29 is 0 Å². The maximum absolute atomic E-state index is 5.86. The zero-order valence-corrected chi connectivity index (χ0v) is 10.6. The highest BCUT2D eigenvalue weighted by Gasteiger charge is 2.11. The van der Waals surface area contributed by atoms with Crippen LogP contribution in [0.2, 0.25) is 0 Å². The molecule has 3 nitrogen and oxygen atoms in total. The molecule has 16 heavy (non-hydrogen) atoms. The van der Waals surface area contributed by atoms with Crippen molar-refractivity contribution in [3.63, 3.8) is 0 Å². The summed E-state index contributed by atoms with van der Waals surface area (Å²) in [6.07, 6.45) is 3.89. The molecule has 0 aliphatic rings. The number of rotatable bonds is 6. The Morgan fingerprint density at radius 1 is 1.44 bits per heavy atom. The van der Waals surface area contributed by atoms with Crippen LogP contribution >= 0.6 is 0 Å². The van der Waals surface area contributed by atoms with Crippen molar-refractivity contribution in [3.8, 4) is 0 Å². The maximum atomic E-state index is 5.86. The molecule has 0 aliphatic carbocycles. The van der Waals surface area contributed by atoms with Crippen LogP contribution in [-0.2, 0) is 6.42 Å². The molecule has 0 aromatic carbocycles. The second kappa shape index (κ2) is 6.48. The van der Waals surface area contributed by atoms with E-state index < -0.39 is 0 Å². The first-order valence-corrected chi connectivity index (χ1v) is 6.13. The molecule has 0 saturated carbocycles. The fraction of sp³-hybridized carbons (Fsp3) is 0.615. The summed E-state index contributed by atoms with van der Waals surface area (Å²) in [4.78, 5) is 6.81. The van der Waals surface area contributed by atoms with Crippen LogP contribution in [0.5, 0.6) is 0 Å². The Labute approximate surface area is 98.7 Å². The average molecular weight is 221 g/mol. The normalized spacial score (nSPS) is 12.5. The molecule has 0 radical (unpaired) electrons. The summed E-state index contributed by atoms with van der Waals surface area (Å²) >= 11 is 0. The number of nitrogens with zero attached hydrogens (tertiary/aromatic N) is 2. The monoisotopic (exact) mass is 221 g/mol. The minimum atomic E-state index is 0.184. The second-order valence-corrected chi connectivity index (χ2v) is 4.25. The van der Waals surface area contributed by atoms with Gasteiger partial charge in [-0.05, 0) is 38.3 Å². The highest BCUT2D eigenvalue weighted by molar-refractivity contribution is 5.46. The van der Waals surface area contributed by atoms with E-state index in [9.17, 15) is 0 Å². The van der Waals surface area contributed by atoms with Crippen LogP contribution in [0, 0.1) is 0 Å². The van der Waals surface area contributed by atoms with Gasteiger partial charge in [-0.15, -0.1) is 0 Å². The number of aromatic nitrogens is 1. The number of pyridine rings is 1. The molecule has 2 N–H and O–H groups in total. The Balaban J connectivity index is 2.91. The standard InChI is InChI=1S/C13H23N3/c1-4-9-16(5-2)13-12(10-11(3)14)7-6-8-15-13/h6-8,11H,4-5,9-10,14H2,1-3H3. The van der Waals surface area contributed by atoms with E-state index in [1.807, 2.05) is 19.2 Å². The van der Waals surface area contributed by atoms with Crippen molar-refractivity contribution in [2.24, 2.45) is 5.73 Å². The molecule has 0 amide bonds. The Kier molecular flexibility index (Phi) is 5.26. The van der Waals surface area contributed by atoms with E-state index >= 15 is 0 Å². The van der Waals surface area contributed by atoms with Crippen molar-refractivity contribution in [2.45, 2.75) is 39.7 Å². The molecule has 3 heteroatoms. The van der Waals surface area contributed by atoms with Crippen LogP contribution in [0.25, 0.3) is 0 Å². The summed E-state index contributed by atoms with van der Waals surface area (Å²) in [7, 11) is 0. The highest BCUT2D eigenvalue weighted by Crippen LogP contribution is 2.18. The second-order valence-electron chi connectivity index (χ2n) is 4.25. The Morgan fingerprint density at radius 2 is 2.19 bits per heavy atom. The summed E-state index contributed by atoms with van der Waals surface area (Å²) in [6, 6.07) is 4.30. The number of hydrogen-bond acceptors (Lipinski definition) is 3. The average Bonchev–Trinajstić information content (AvgIpc) is 2.26. The lowest BCUT2D eigenvalue weighted by molar-refractivity contribution is 0.719. The van der Waals surface area contributed by atoms with Gasteiger partial charge in [0.05, 0.1) is 0 Å². The van der Waals surface area contributed by atoms with Crippen molar-refractivity contribution >= 4 is 5.82 Å². The SMILES string of the molecule is CCCN(CC)c1ncccc1CC(C)N. The Morgan fingerprint density at radius 3 is 2.75 bits per heavy atom. The number of anilines is 1. The maximum Gasteiger partial charge on any atom is 0.131 e. The van der Waals surface area contributed by atoms with Gasteiger partial charge in [-0.1, -0.05) is 13.0 Å². The Bertz CT molecular complexity index is 310. The lowest BCUT2D eigenvalue weighted by atomic mass is 10.1. The van der Waals surface area contributed by atoms with Gasteiger partial charge in [0, 0.05) is 25.3 Å². The molecule has 0 spiro atoms. The van der Waals surface area contributed by atoms with Gasteiger partial charge in [0.15, 0.2) is 0 Å². The fourth-order valence-corrected chi connectivity index (χ4v) is 1.90. The first-order chi connectivity index (χ1) is 7.69. The lowest BCUT2D eigenvalue weighted by Gasteiger charge is -2.24. The largest absolute Gasteiger partial charge is 0.357 e. The smallest absolute Gasteiger partial charge is 0.131 e. The summed E-state index contributed by atoms with van der Waals surface area (Å²) in [6.45, 7) is 8.44. The van der Waals surface area contributed by atoms with Crippen LogP contribution in [0.1, 0.15) is 32.8 Å². The van der Waals surface area contributed by atoms with Crippen molar-refractivity contribution in [2.75, 3.05) is 18.0 Å². The van der Waals surface area contributed by atoms with Gasteiger partial charge in [-0.25, -0.2) is 4.98 Å². The number of hydrogen-bond donors (Lipinski definition) is 1. The molecule has 1 unspecified atom stereocenters. The van der Waals surface area contributed by atoms with Gasteiger partial charge >= 0.3 is 0 Å². The van der Waals surface area contributed by atoms with Gasteiger partial charge in [0.2, 0.25) is 0 Å². The van der Waals surface area contributed by atoms with Crippen molar-refractivity contribution in [1.29, 1.82) is 0 Å². The molecule has 1 atom stereocenters. The van der Waals surface area contributed by atoms with Crippen LogP contribution in [0.3, 0.4) is 0 Å². The minimum Gasteiger partial charge on any atom is -0.357 e. The molecule has 1 aromatic heterocycles. The molecular weight excluding hydrogens is 198 g/mol.